The molecule has 1 aliphatic rings. The van der Waals surface area contributed by atoms with Crippen molar-refractivity contribution in [1.29, 1.82) is 5.26 Å². The molecule has 4 N–H and O–H groups in total. The summed E-state index contributed by atoms with van der Waals surface area (Å²) in [5.74, 6) is 0. The van der Waals surface area contributed by atoms with Gasteiger partial charge in [0, 0.05) is 19.8 Å². The van der Waals surface area contributed by atoms with Crippen molar-refractivity contribution in [2.75, 3.05) is 25.6 Å². The number of benzene rings is 1. The van der Waals surface area contributed by atoms with Crippen LogP contribution in [0.2, 0.25) is 0 Å². The number of anilines is 1. The molecule has 0 amide bonds. The number of rotatable bonds is 6. The average molecular weight is 411 g/mol. The second-order valence-corrected chi connectivity index (χ2v) is 8.48. The molecule has 5 atom stereocenters. The molecule has 1 aromatic rings. The summed E-state index contributed by atoms with van der Waals surface area (Å²) < 4.78 is 32.9. The van der Waals surface area contributed by atoms with E-state index in [1.165, 1.54) is 13.0 Å². The number of nitriles is 1. The normalized spacial score (nSPS) is 28.6. The van der Waals surface area contributed by atoms with Gasteiger partial charge in [0.15, 0.2) is 4.91 Å². The third-order valence-corrected chi connectivity index (χ3v) is 5.94. The van der Waals surface area contributed by atoms with E-state index in [0.717, 1.165) is 5.69 Å². The van der Waals surface area contributed by atoms with Crippen LogP contribution in [-0.4, -0.2) is 74.9 Å². The maximum atomic E-state index is 12.7. The lowest BCUT2D eigenvalue weighted by molar-refractivity contribution is -0.186. The standard InChI is InChI=1S/C18H25N3O6S/c1-11-16(18(24)17(23)15(10-22)27-11)20-28(25,26)14(9-19)8-12-4-6-13(7-5-12)21(2)3/h4-8,11,15-18,20,22-24H,10H2,1-3H3/b14-8+/t11?,15-,16+,17-,18-/m1/s1. The van der Waals surface area contributed by atoms with Crippen LogP contribution >= 0.6 is 0 Å². The molecule has 28 heavy (non-hydrogen) atoms. The molecule has 0 bridgehead atoms. The van der Waals surface area contributed by atoms with Crippen molar-refractivity contribution in [1.82, 2.24) is 4.72 Å². The number of aliphatic hydroxyl groups is 3. The molecule has 1 heterocycles. The SMILES string of the molecule is CC1O[C@H](CO)[C@@H](O)[C@H](O)[C@H]1NS(=O)(=O)/C(C#N)=C/c1ccc(N(C)C)cc1. The van der Waals surface area contributed by atoms with E-state index in [0.29, 0.717) is 5.56 Å². The van der Waals surface area contributed by atoms with Gasteiger partial charge < -0.3 is 25.0 Å². The van der Waals surface area contributed by atoms with Crippen LogP contribution in [0.15, 0.2) is 29.2 Å². The Morgan fingerprint density at radius 3 is 2.39 bits per heavy atom. The summed E-state index contributed by atoms with van der Waals surface area (Å²) in [5, 5.41) is 38.7. The predicted octanol–water partition coefficient (Wildman–Crippen LogP) is -0.594. The van der Waals surface area contributed by atoms with Crippen molar-refractivity contribution >= 4 is 21.8 Å². The Hall–Kier alpha value is -2.00. The smallest absolute Gasteiger partial charge is 0.251 e. The molecule has 1 aromatic carbocycles. The Morgan fingerprint density at radius 1 is 1.29 bits per heavy atom. The fourth-order valence-corrected chi connectivity index (χ4v) is 4.13. The number of aliphatic hydroxyl groups excluding tert-OH is 3. The van der Waals surface area contributed by atoms with Crippen LogP contribution in [0.5, 0.6) is 0 Å². The van der Waals surface area contributed by atoms with Gasteiger partial charge in [-0.3, -0.25) is 0 Å². The van der Waals surface area contributed by atoms with Gasteiger partial charge >= 0.3 is 0 Å². The number of ether oxygens (including phenoxy) is 1. The van der Waals surface area contributed by atoms with Gasteiger partial charge in [-0.2, -0.15) is 5.26 Å². The maximum absolute atomic E-state index is 12.7. The minimum atomic E-state index is -4.28. The molecular weight excluding hydrogens is 386 g/mol. The first-order valence-electron chi connectivity index (χ1n) is 8.64. The molecule has 0 radical (unpaired) electrons. The summed E-state index contributed by atoms with van der Waals surface area (Å²) in [4.78, 5) is 1.34. The largest absolute Gasteiger partial charge is 0.394 e. The summed E-state index contributed by atoms with van der Waals surface area (Å²) >= 11 is 0. The van der Waals surface area contributed by atoms with Gasteiger partial charge in [0.2, 0.25) is 0 Å². The first kappa shape index (κ1) is 22.3. The fourth-order valence-electron chi connectivity index (χ4n) is 2.90. The van der Waals surface area contributed by atoms with Crippen LogP contribution in [0.3, 0.4) is 0 Å². The molecule has 9 nitrogen and oxygen atoms in total. The zero-order valence-corrected chi connectivity index (χ0v) is 16.7. The third kappa shape index (κ3) is 4.88. The van der Waals surface area contributed by atoms with Gasteiger partial charge in [-0.15, -0.1) is 0 Å². The Morgan fingerprint density at radius 2 is 1.89 bits per heavy atom. The first-order valence-corrected chi connectivity index (χ1v) is 10.1. The highest BCUT2D eigenvalue weighted by Gasteiger charge is 2.44. The van der Waals surface area contributed by atoms with Crippen LogP contribution in [0.4, 0.5) is 5.69 Å². The minimum Gasteiger partial charge on any atom is -0.394 e. The van der Waals surface area contributed by atoms with Gasteiger partial charge in [0.25, 0.3) is 10.0 Å². The molecule has 2 rings (SSSR count). The molecule has 1 saturated heterocycles. The van der Waals surface area contributed by atoms with Crippen LogP contribution in [0, 0.1) is 11.3 Å². The predicted molar refractivity (Wildman–Crippen MR) is 104 cm³/mol. The van der Waals surface area contributed by atoms with Crippen molar-refractivity contribution in [3.8, 4) is 6.07 Å². The zero-order valence-electron chi connectivity index (χ0n) is 15.8. The van der Waals surface area contributed by atoms with E-state index in [-0.39, 0.29) is 0 Å². The highest BCUT2D eigenvalue weighted by molar-refractivity contribution is 7.93. The average Bonchev–Trinajstić information content (AvgIpc) is 2.66. The van der Waals surface area contributed by atoms with Crippen molar-refractivity contribution in [3.05, 3.63) is 34.7 Å². The second-order valence-electron chi connectivity index (χ2n) is 6.80. The summed E-state index contributed by atoms with van der Waals surface area (Å²) in [6.07, 6.45) is -3.61. The molecule has 0 saturated carbocycles. The van der Waals surface area contributed by atoms with Crippen molar-refractivity contribution in [2.24, 2.45) is 0 Å². The molecule has 1 aliphatic heterocycles. The number of nitrogens with one attached hydrogen (secondary N) is 1. The quantitative estimate of drug-likeness (QED) is 0.455. The monoisotopic (exact) mass is 411 g/mol. The Bertz CT molecular complexity index is 847. The molecule has 10 heteroatoms. The van der Waals surface area contributed by atoms with Crippen LogP contribution in [-0.2, 0) is 14.8 Å². The Balaban J connectivity index is 2.25. The third-order valence-electron chi connectivity index (χ3n) is 4.57. The van der Waals surface area contributed by atoms with Gasteiger partial charge in [-0.05, 0) is 30.7 Å². The van der Waals surface area contributed by atoms with Crippen LogP contribution < -0.4 is 9.62 Å². The van der Waals surface area contributed by atoms with E-state index in [4.69, 9.17) is 4.74 Å². The molecular formula is C18H25N3O6S. The summed E-state index contributed by atoms with van der Waals surface area (Å²) in [5.41, 5.74) is 1.43. The molecule has 0 aliphatic carbocycles. The van der Waals surface area contributed by atoms with E-state index < -0.39 is 52.0 Å². The Kier molecular flexibility index (Phi) is 7.16. The summed E-state index contributed by atoms with van der Waals surface area (Å²) in [7, 11) is -0.545. The second kappa shape index (κ2) is 9.00. The molecule has 1 fully saturated rings. The lowest BCUT2D eigenvalue weighted by Gasteiger charge is -2.41. The van der Waals surface area contributed by atoms with E-state index in [1.54, 1.807) is 30.3 Å². The lowest BCUT2D eigenvalue weighted by atomic mass is 9.94. The molecule has 0 aromatic heterocycles. The minimum absolute atomic E-state index is 0.515. The van der Waals surface area contributed by atoms with Gasteiger partial charge in [-0.25, -0.2) is 13.1 Å². The number of sulfonamides is 1. The van der Waals surface area contributed by atoms with Gasteiger partial charge in [0.1, 0.15) is 24.4 Å². The molecule has 154 valence electrons. The van der Waals surface area contributed by atoms with Gasteiger partial charge in [0.05, 0.1) is 18.8 Å². The number of nitrogens with zero attached hydrogens (tertiary/aromatic N) is 2. The van der Waals surface area contributed by atoms with Gasteiger partial charge in [-0.1, -0.05) is 12.1 Å². The molecule has 0 spiro atoms. The summed E-state index contributed by atoms with van der Waals surface area (Å²) in [6, 6.07) is 7.40. The topological polar surface area (TPSA) is 143 Å². The first-order chi connectivity index (χ1) is 13.1. The van der Waals surface area contributed by atoms with Crippen molar-refractivity contribution in [3.63, 3.8) is 0 Å². The van der Waals surface area contributed by atoms with E-state index in [1.807, 2.05) is 19.0 Å². The van der Waals surface area contributed by atoms with Crippen molar-refractivity contribution in [2.45, 2.75) is 37.4 Å². The van der Waals surface area contributed by atoms with E-state index >= 15 is 0 Å². The van der Waals surface area contributed by atoms with E-state index in [9.17, 15) is 29.0 Å². The Labute approximate surface area is 164 Å². The zero-order chi connectivity index (χ0) is 21.1. The van der Waals surface area contributed by atoms with Crippen LogP contribution in [0.25, 0.3) is 6.08 Å². The number of hydrogen-bond acceptors (Lipinski definition) is 8. The van der Waals surface area contributed by atoms with Crippen molar-refractivity contribution < 1.29 is 28.5 Å². The van der Waals surface area contributed by atoms with Crippen LogP contribution in [0.1, 0.15) is 12.5 Å². The lowest BCUT2D eigenvalue weighted by Crippen LogP contribution is -2.63. The highest BCUT2D eigenvalue weighted by Crippen LogP contribution is 2.23. The number of allylic oxidation sites excluding steroid dienone is 1. The number of hydrogen-bond donors (Lipinski definition) is 4. The maximum Gasteiger partial charge on any atom is 0.251 e. The molecule has 1 unspecified atom stereocenters. The van der Waals surface area contributed by atoms with E-state index in [2.05, 4.69) is 4.72 Å². The fraction of sp³-hybridized carbons (Fsp3) is 0.500. The highest BCUT2D eigenvalue weighted by atomic mass is 32.2. The summed E-state index contributed by atoms with van der Waals surface area (Å²) in [6.45, 7) is 0.981.